The summed E-state index contributed by atoms with van der Waals surface area (Å²) in [4.78, 5) is 28.9. The molecule has 0 atom stereocenters. The van der Waals surface area contributed by atoms with Gasteiger partial charge in [-0.15, -0.1) is 6.42 Å². The number of benzene rings is 1. The molecule has 3 aromatic rings. The van der Waals surface area contributed by atoms with Crippen LogP contribution in [-0.2, 0) is 18.3 Å². The van der Waals surface area contributed by atoms with Crippen molar-refractivity contribution in [3.8, 4) is 12.3 Å². The van der Waals surface area contributed by atoms with E-state index in [1.165, 1.54) is 16.0 Å². The predicted molar refractivity (Wildman–Crippen MR) is 97.7 cm³/mol. The van der Waals surface area contributed by atoms with E-state index in [0.717, 1.165) is 10.2 Å². The van der Waals surface area contributed by atoms with Crippen molar-refractivity contribution in [3.63, 3.8) is 0 Å². The lowest BCUT2D eigenvalue weighted by Gasteiger charge is -2.03. The molecule has 1 aromatic carbocycles. The number of hydrogen-bond acceptors (Lipinski definition) is 5. The third kappa shape index (κ3) is 3.43. The van der Waals surface area contributed by atoms with Crippen LogP contribution in [0.4, 0.5) is 0 Å². The van der Waals surface area contributed by atoms with Crippen molar-refractivity contribution in [1.29, 1.82) is 0 Å². The maximum atomic E-state index is 12.3. The second-order valence-corrected chi connectivity index (χ2v) is 6.38. The van der Waals surface area contributed by atoms with Gasteiger partial charge < -0.3 is 9.30 Å². The van der Waals surface area contributed by atoms with Crippen molar-refractivity contribution in [2.45, 2.75) is 13.5 Å². The first-order chi connectivity index (χ1) is 12.5. The van der Waals surface area contributed by atoms with Crippen LogP contribution in [0.15, 0.2) is 35.5 Å². The Hall–Kier alpha value is -3.18. The molecule has 132 valence electrons. The number of amides is 1. The monoisotopic (exact) mass is 368 g/mol. The number of nitrogens with zero attached hydrogens (tertiary/aromatic N) is 4. The van der Waals surface area contributed by atoms with Crippen LogP contribution < -0.4 is 4.80 Å². The molecule has 8 heteroatoms. The maximum Gasteiger partial charge on any atom is 0.338 e. The molecule has 2 heterocycles. The Kier molecular flexibility index (Phi) is 5.00. The number of carbonyl (C=O) groups is 2. The minimum absolute atomic E-state index is 0.254. The number of rotatable bonds is 4. The van der Waals surface area contributed by atoms with Gasteiger partial charge in [0, 0.05) is 13.2 Å². The van der Waals surface area contributed by atoms with E-state index in [1.807, 2.05) is 0 Å². The Morgan fingerprint density at radius 1 is 1.38 bits per heavy atom. The minimum Gasteiger partial charge on any atom is -0.462 e. The second-order valence-electron chi connectivity index (χ2n) is 5.37. The molecule has 26 heavy (non-hydrogen) atoms. The molecule has 0 saturated heterocycles. The molecule has 0 radical (unpaired) electrons. The van der Waals surface area contributed by atoms with Crippen LogP contribution in [0.5, 0.6) is 0 Å². The quantitative estimate of drug-likeness (QED) is 0.521. The summed E-state index contributed by atoms with van der Waals surface area (Å²) in [6, 6.07) is 6.77. The van der Waals surface area contributed by atoms with Gasteiger partial charge in [0.1, 0.15) is 0 Å². The Morgan fingerprint density at radius 2 is 2.19 bits per heavy atom. The summed E-state index contributed by atoms with van der Waals surface area (Å²) in [6.45, 7) is 2.31. The van der Waals surface area contributed by atoms with Gasteiger partial charge in [-0.2, -0.15) is 10.1 Å². The number of thiazole rings is 1. The predicted octanol–water partition coefficient (Wildman–Crippen LogP) is 1.99. The topological polar surface area (TPSA) is 78.5 Å². The van der Waals surface area contributed by atoms with Gasteiger partial charge in [-0.3, -0.25) is 9.48 Å². The van der Waals surface area contributed by atoms with E-state index in [2.05, 4.69) is 16.0 Å². The van der Waals surface area contributed by atoms with Crippen molar-refractivity contribution >= 4 is 33.4 Å². The fourth-order valence-electron chi connectivity index (χ4n) is 2.42. The first kappa shape index (κ1) is 17.6. The standard InChI is InChI=1S/C18H16N4O3S/c1-4-9-22-14-7-6-12(17(24)25-5-2)11-15(14)26-18(22)19-16(23)13-8-10-21(3)20-13/h1,6-8,10-11H,5,9H2,2-3H3. The molecule has 7 nitrogen and oxygen atoms in total. The summed E-state index contributed by atoms with van der Waals surface area (Å²) >= 11 is 1.28. The zero-order valence-electron chi connectivity index (χ0n) is 14.3. The van der Waals surface area contributed by atoms with E-state index in [-0.39, 0.29) is 12.2 Å². The molecular weight excluding hydrogens is 352 g/mol. The van der Waals surface area contributed by atoms with Crippen molar-refractivity contribution < 1.29 is 14.3 Å². The van der Waals surface area contributed by atoms with Crippen LogP contribution in [0.25, 0.3) is 10.2 Å². The first-order valence-electron chi connectivity index (χ1n) is 7.86. The molecule has 0 N–H and O–H groups in total. The molecule has 0 aliphatic rings. The average molecular weight is 368 g/mol. The normalized spacial score (nSPS) is 11.5. The molecule has 0 fully saturated rings. The number of carbonyl (C=O) groups excluding carboxylic acids is 2. The van der Waals surface area contributed by atoms with E-state index in [9.17, 15) is 9.59 Å². The third-order valence-electron chi connectivity index (χ3n) is 3.57. The largest absolute Gasteiger partial charge is 0.462 e. The Labute approximate surface area is 153 Å². The summed E-state index contributed by atoms with van der Waals surface area (Å²) in [5.41, 5.74) is 1.49. The van der Waals surface area contributed by atoms with Gasteiger partial charge in [0.2, 0.25) is 0 Å². The van der Waals surface area contributed by atoms with E-state index >= 15 is 0 Å². The van der Waals surface area contributed by atoms with Crippen LogP contribution in [0.2, 0.25) is 0 Å². The number of fused-ring (bicyclic) bond motifs is 1. The number of ether oxygens (including phenoxy) is 1. The van der Waals surface area contributed by atoms with Crippen molar-refractivity contribution in [2.75, 3.05) is 6.61 Å². The number of terminal acetylenes is 1. The van der Waals surface area contributed by atoms with Crippen molar-refractivity contribution in [1.82, 2.24) is 14.3 Å². The van der Waals surface area contributed by atoms with Gasteiger partial charge in [0.05, 0.1) is 28.9 Å². The Morgan fingerprint density at radius 3 is 2.85 bits per heavy atom. The third-order valence-corrected chi connectivity index (χ3v) is 4.61. The van der Waals surface area contributed by atoms with Gasteiger partial charge in [-0.1, -0.05) is 17.3 Å². The number of esters is 1. The van der Waals surface area contributed by atoms with Gasteiger partial charge >= 0.3 is 5.97 Å². The summed E-state index contributed by atoms with van der Waals surface area (Å²) in [7, 11) is 1.73. The molecule has 2 aromatic heterocycles. The van der Waals surface area contributed by atoms with Gasteiger partial charge in [0.25, 0.3) is 5.91 Å². The Bertz CT molecular complexity index is 1100. The highest BCUT2D eigenvalue weighted by Gasteiger charge is 2.13. The first-order valence-corrected chi connectivity index (χ1v) is 8.67. The van der Waals surface area contributed by atoms with Crippen LogP contribution in [0.3, 0.4) is 0 Å². The maximum absolute atomic E-state index is 12.3. The second kappa shape index (κ2) is 7.37. The molecule has 0 unspecified atom stereocenters. The fraction of sp³-hybridized carbons (Fsp3) is 0.222. The lowest BCUT2D eigenvalue weighted by Crippen LogP contribution is -2.16. The smallest absolute Gasteiger partial charge is 0.338 e. The summed E-state index contributed by atoms with van der Waals surface area (Å²) < 4.78 is 9.11. The highest BCUT2D eigenvalue weighted by Crippen LogP contribution is 2.20. The van der Waals surface area contributed by atoms with E-state index in [0.29, 0.717) is 17.0 Å². The van der Waals surface area contributed by atoms with Crippen LogP contribution in [0.1, 0.15) is 27.8 Å². The van der Waals surface area contributed by atoms with Crippen LogP contribution in [0, 0.1) is 12.3 Å². The lowest BCUT2D eigenvalue weighted by molar-refractivity contribution is 0.0526. The summed E-state index contributed by atoms with van der Waals surface area (Å²) in [5.74, 6) is 1.72. The van der Waals surface area contributed by atoms with E-state index in [4.69, 9.17) is 11.2 Å². The zero-order chi connectivity index (χ0) is 18.7. The molecule has 0 aliphatic carbocycles. The summed E-state index contributed by atoms with van der Waals surface area (Å²) in [5, 5.41) is 4.06. The number of aromatic nitrogens is 3. The Balaban J connectivity index is 2.10. The van der Waals surface area contributed by atoms with E-state index < -0.39 is 11.9 Å². The van der Waals surface area contributed by atoms with E-state index in [1.54, 1.807) is 49.0 Å². The lowest BCUT2D eigenvalue weighted by atomic mass is 10.2. The summed E-state index contributed by atoms with van der Waals surface area (Å²) in [6.07, 6.45) is 7.14. The molecule has 0 spiro atoms. The molecule has 0 saturated carbocycles. The van der Waals surface area contributed by atoms with Crippen molar-refractivity contribution in [2.24, 2.45) is 12.0 Å². The fourth-order valence-corrected chi connectivity index (χ4v) is 3.48. The molecular formula is C18H16N4O3S. The van der Waals surface area contributed by atoms with Crippen molar-refractivity contribution in [3.05, 3.63) is 46.5 Å². The molecule has 1 amide bonds. The molecule has 3 rings (SSSR count). The van der Waals surface area contributed by atoms with Gasteiger partial charge in [-0.05, 0) is 31.2 Å². The highest BCUT2D eigenvalue weighted by molar-refractivity contribution is 7.16. The number of aryl methyl sites for hydroxylation is 1. The van der Waals surface area contributed by atoms with Gasteiger partial charge in [0.15, 0.2) is 10.5 Å². The minimum atomic E-state index is -0.450. The highest BCUT2D eigenvalue weighted by atomic mass is 32.1. The molecule has 0 bridgehead atoms. The molecule has 0 aliphatic heterocycles. The number of hydrogen-bond donors (Lipinski definition) is 0. The average Bonchev–Trinajstić information content (AvgIpc) is 3.19. The zero-order valence-corrected chi connectivity index (χ0v) is 15.1. The van der Waals surface area contributed by atoms with Crippen LogP contribution in [-0.4, -0.2) is 32.8 Å². The SMILES string of the molecule is C#CCn1c(=NC(=O)c2ccn(C)n2)sc2cc(C(=O)OCC)ccc21. The van der Waals surface area contributed by atoms with Crippen LogP contribution >= 0.6 is 11.3 Å². The van der Waals surface area contributed by atoms with Gasteiger partial charge in [-0.25, -0.2) is 4.79 Å².